The van der Waals surface area contributed by atoms with Crippen molar-refractivity contribution < 1.29 is 13.6 Å². The zero-order chi connectivity index (χ0) is 14.2. The predicted molar refractivity (Wildman–Crippen MR) is 67.6 cm³/mol. The molecule has 102 valence electrons. The van der Waals surface area contributed by atoms with Gasteiger partial charge < -0.3 is 5.32 Å². The first-order valence-corrected chi connectivity index (χ1v) is 5.96. The maximum Gasteiger partial charge on any atom is 0.256 e. The summed E-state index contributed by atoms with van der Waals surface area (Å²) in [5.74, 6) is -1.57. The molecule has 0 aliphatic carbocycles. The summed E-state index contributed by atoms with van der Waals surface area (Å²) in [5, 5.41) is 5.41. The van der Waals surface area contributed by atoms with Crippen molar-refractivity contribution >= 4 is 11.9 Å². The fraction of sp³-hybridized carbons (Fsp3) is 0.385. The lowest BCUT2D eigenvalue weighted by Gasteiger charge is -2.22. The highest BCUT2D eigenvalue weighted by molar-refractivity contribution is 6.09. The zero-order valence-electron chi connectivity index (χ0n) is 10.9. The highest BCUT2D eigenvalue weighted by Crippen LogP contribution is 2.27. The number of amides is 1. The number of carbonyl (C=O) groups is 1. The van der Waals surface area contributed by atoms with Crippen LogP contribution >= 0.6 is 0 Å². The number of guanidine groups is 1. The molecule has 1 fully saturated rings. The lowest BCUT2D eigenvalue weighted by molar-refractivity contribution is -0.123. The third kappa shape index (κ3) is 2.43. The topological polar surface area (TPSA) is 53.5 Å². The van der Waals surface area contributed by atoms with Gasteiger partial charge in [-0.1, -0.05) is 6.07 Å². The Labute approximate surface area is 109 Å². The fourth-order valence-corrected chi connectivity index (χ4v) is 1.96. The number of carbonyl (C=O) groups excluding carboxylic acids is 1. The number of halogens is 2. The SMILES string of the molecule is CC(C)N=C1NC(=O)C(C)(c2ccc(F)cc2F)N1. The maximum absolute atomic E-state index is 13.8. The molecule has 6 heteroatoms. The first-order chi connectivity index (χ1) is 8.83. The fourth-order valence-electron chi connectivity index (χ4n) is 1.96. The van der Waals surface area contributed by atoms with Crippen molar-refractivity contribution in [1.82, 2.24) is 10.6 Å². The Kier molecular flexibility index (Phi) is 3.26. The minimum Gasteiger partial charge on any atom is -0.338 e. The van der Waals surface area contributed by atoms with Crippen LogP contribution < -0.4 is 10.6 Å². The summed E-state index contributed by atoms with van der Waals surface area (Å²) in [5.41, 5.74) is -1.20. The van der Waals surface area contributed by atoms with Crippen LogP contribution in [0.5, 0.6) is 0 Å². The van der Waals surface area contributed by atoms with Crippen LogP contribution in [0.4, 0.5) is 8.78 Å². The van der Waals surface area contributed by atoms with Gasteiger partial charge in [-0.15, -0.1) is 0 Å². The Morgan fingerprint density at radius 3 is 2.58 bits per heavy atom. The summed E-state index contributed by atoms with van der Waals surface area (Å²) < 4.78 is 26.7. The lowest BCUT2D eigenvalue weighted by Crippen LogP contribution is -2.41. The van der Waals surface area contributed by atoms with Crippen molar-refractivity contribution in [2.45, 2.75) is 32.4 Å². The number of rotatable bonds is 2. The Bertz CT molecular complexity index is 557. The number of hydrogen-bond donors (Lipinski definition) is 2. The van der Waals surface area contributed by atoms with Gasteiger partial charge in [-0.2, -0.15) is 0 Å². The van der Waals surface area contributed by atoms with E-state index in [1.165, 1.54) is 13.0 Å². The number of benzene rings is 1. The highest BCUT2D eigenvalue weighted by atomic mass is 19.1. The molecule has 1 unspecified atom stereocenters. The average molecular weight is 267 g/mol. The van der Waals surface area contributed by atoms with Gasteiger partial charge in [-0.3, -0.25) is 15.1 Å². The molecule has 1 aliphatic heterocycles. The van der Waals surface area contributed by atoms with E-state index < -0.39 is 23.1 Å². The van der Waals surface area contributed by atoms with Gasteiger partial charge in [0.25, 0.3) is 5.91 Å². The van der Waals surface area contributed by atoms with Crippen LogP contribution in [0.25, 0.3) is 0 Å². The van der Waals surface area contributed by atoms with Crippen LogP contribution in [0.15, 0.2) is 23.2 Å². The van der Waals surface area contributed by atoms with Gasteiger partial charge >= 0.3 is 0 Å². The van der Waals surface area contributed by atoms with Crippen molar-refractivity contribution in [2.24, 2.45) is 4.99 Å². The molecular formula is C13H15F2N3O. The van der Waals surface area contributed by atoms with Gasteiger partial charge in [-0.05, 0) is 26.8 Å². The summed E-state index contributed by atoms with van der Waals surface area (Å²) in [4.78, 5) is 16.2. The Hall–Kier alpha value is -1.98. The molecule has 1 heterocycles. The molecule has 2 N–H and O–H groups in total. The monoisotopic (exact) mass is 267 g/mol. The molecule has 0 aromatic heterocycles. The maximum atomic E-state index is 13.8. The molecule has 0 spiro atoms. The van der Waals surface area contributed by atoms with Gasteiger partial charge in [0.05, 0.1) is 0 Å². The van der Waals surface area contributed by atoms with E-state index in [2.05, 4.69) is 15.6 Å². The third-order valence-corrected chi connectivity index (χ3v) is 2.91. The number of hydrogen-bond acceptors (Lipinski definition) is 2. The molecule has 0 bridgehead atoms. The molecule has 4 nitrogen and oxygen atoms in total. The van der Waals surface area contributed by atoms with Gasteiger partial charge in [0, 0.05) is 17.7 Å². The molecular weight excluding hydrogens is 252 g/mol. The molecule has 0 saturated carbocycles. The summed E-state index contributed by atoms with van der Waals surface area (Å²) in [7, 11) is 0. The molecule has 0 radical (unpaired) electrons. The molecule has 1 aliphatic rings. The van der Waals surface area contributed by atoms with Crippen LogP contribution in [-0.4, -0.2) is 17.9 Å². The van der Waals surface area contributed by atoms with E-state index in [1.54, 1.807) is 0 Å². The first-order valence-electron chi connectivity index (χ1n) is 5.96. The molecule has 1 aromatic rings. The van der Waals surface area contributed by atoms with E-state index >= 15 is 0 Å². The average Bonchev–Trinajstić information content (AvgIpc) is 2.53. The summed E-state index contributed by atoms with van der Waals surface area (Å²) in [6.45, 7) is 5.24. The van der Waals surface area contributed by atoms with Crippen molar-refractivity contribution in [3.05, 3.63) is 35.4 Å². The van der Waals surface area contributed by atoms with E-state index in [1.807, 2.05) is 13.8 Å². The molecule has 1 atom stereocenters. The smallest absolute Gasteiger partial charge is 0.256 e. The van der Waals surface area contributed by atoms with Gasteiger partial charge in [-0.25, -0.2) is 8.78 Å². The van der Waals surface area contributed by atoms with Gasteiger partial charge in [0.2, 0.25) is 0 Å². The Balaban J connectivity index is 2.40. The number of nitrogens with zero attached hydrogens (tertiary/aromatic N) is 1. The van der Waals surface area contributed by atoms with E-state index in [9.17, 15) is 13.6 Å². The Morgan fingerprint density at radius 2 is 2.00 bits per heavy atom. The standard InChI is InChI=1S/C13H15F2N3O/c1-7(2)16-12-17-11(19)13(3,18-12)9-5-4-8(14)6-10(9)15/h4-7H,1-3H3,(H2,16,17,18,19). The van der Waals surface area contributed by atoms with Gasteiger partial charge in [0.15, 0.2) is 5.96 Å². The summed E-state index contributed by atoms with van der Waals surface area (Å²) >= 11 is 0. The third-order valence-electron chi connectivity index (χ3n) is 2.91. The summed E-state index contributed by atoms with van der Waals surface area (Å²) in [6.07, 6.45) is 0. The number of nitrogens with one attached hydrogen (secondary N) is 2. The first kappa shape index (κ1) is 13.5. The minimum atomic E-state index is -1.29. The second kappa shape index (κ2) is 4.60. The van der Waals surface area contributed by atoms with Crippen LogP contribution in [0.2, 0.25) is 0 Å². The van der Waals surface area contributed by atoms with Crippen molar-refractivity contribution in [2.75, 3.05) is 0 Å². The van der Waals surface area contributed by atoms with E-state index in [0.29, 0.717) is 5.96 Å². The minimum absolute atomic E-state index is 0.0109. The van der Waals surface area contributed by atoms with Crippen LogP contribution in [0.1, 0.15) is 26.3 Å². The second-order valence-corrected chi connectivity index (χ2v) is 4.90. The van der Waals surface area contributed by atoms with E-state index in [4.69, 9.17) is 0 Å². The zero-order valence-corrected chi connectivity index (χ0v) is 10.9. The number of aliphatic imine (C=N–C) groups is 1. The summed E-state index contributed by atoms with van der Waals surface area (Å²) in [6, 6.07) is 3.13. The van der Waals surface area contributed by atoms with Crippen molar-refractivity contribution in [3.63, 3.8) is 0 Å². The van der Waals surface area contributed by atoms with Crippen LogP contribution in [0.3, 0.4) is 0 Å². The predicted octanol–water partition coefficient (Wildman–Crippen LogP) is 1.66. The van der Waals surface area contributed by atoms with Crippen molar-refractivity contribution in [3.8, 4) is 0 Å². The van der Waals surface area contributed by atoms with Crippen LogP contribution in [0, 0.1) is 11.6 Å². The van der Waals surface area contributed by atoms with Crippen molar-refractivity contribution in [1.29, 1.82) is 0 Å². The molecule has 2 rings (SSSR count). The lowest BCUT2D eigenvalue weighted by atomic mass is 9.92. The van der Waals surface area contributed by atoms with Gasteiger partial charge in [0.1, 0.15) is 17.2 Å². The quantitative estimate of drug-likeness (QED) is 0.856. The molecule has 19 heavy (non-hydrogen) atoms. The highest BCUT2D eigenvalue weighted by Gasteiger charge is 2.44. The Morgan fingerprint density at radius 1 is 1.32 bits per heavy atom. The largest absolute Gasteiger partial charge is 0.338 e. The van der Waals surface area contributed by atoms with E-state index in [-0.39, 0.29) is 11.6 Å². The molecule has 1 saturated heterocycles. The van der Waals surface area contributed by atoms with Crippen LogP contribution in [-0.2, 0) is 10.3 Å². The molecule has 1 aromatic carbocycles. The molecule has 1 amide bonds. The normalized spacial score (nSPS) is 24.7. The van der Waals surface area contributed by atoms with E-state index in [0.717, 1.165) is 12.1 Å². The second-order valence-electron chi connectivity index (χ2n) is 4.90.